The highest BCUT2D eigenvalue weighted by atomic mass is 16.6. The van der Waals surface area contributed by atoms with Crippen LogP contribution in [0.15, 0.2) is 24.3 Å². The predicted molar refractivity (Wildman–Crippen MR) is 66.4 cm³/mol. The molecule has 0 spiro atoms. The number of anilines is 1. The van der Waals surface area contributed by atoms with Crippen molar-refractivity contribution in [2.75, 3.05) is 18.9 Å². The molecule has 1 saturated heterocycles. The maximum absolute atomic E-state index is 11.5. The predicted octanol–water partition coefficient (Wildman–Crippen LogP) is 0.896. The molecular weight excluding hydrogens is 250 g/mol. The van der Waals surface area contributed by atoms with Gasteiger partial charge in [0.15, 0.2) is 0 Å². The van der Waals surface area contributed by atoms with E-state index in [1.54, 1.807) is 24.3 Å². The third-order valence-electron chi connectivity index (χ3n) is 2.64. The van der Waals surface area contributed by atoms with Crippen molar-refractivity contribution in [3.8, 4) is 5.75 Å². The smallest absolute Gasteiger partial charge is 0.347 e. The maximum Gasteiger partial charge on any atom is 0.347 e. The second kappa shape index (κ2) is 6.08. The summed E-state index contributed by atoms with van der Waals surface area (Å²) in [6.07, 6.45) is -0.302. The number of hydrogen-bond acceptors (Lipinski definition) is 6. The molecule has 2 rings (SSSR count). The Morgan fingerprint density at radius 1 is 1.42 bits per heavy atom. The molecule has 1 aliphatic rings. The number of ether oxygens (including phenoxy) is 3. The zero-order chi connectivity index (χ0) is 13.7. The van der Waals surface area contributed by atoms with Crippen molar-refractivity contribution in [3.63, 3.8) is 0 Å². The van der Waals surface area contributed by atoms with E-state index in [4.69, 9.17) is 19.9 Å². The molecule has 0 bridgehead atoms. The van der Waals surface area contributed by atoms with Crippen molar-refractivity contribution >= 4 is 17.6 Å². The molecule has 19 heavy (non-hydrogen) atoms. The van der Waals surface area contributed by atoms with Gasteiger partial charge in [0, 0.05) is 6.42 Å². The van der Waals surface area contributed by atoms with Crippen LogP contribution in [0.1, 0.15) is 12.8 Å². The lowest BCUT2D eigenvalue weighted by molar-refractivity contribution is -0.160. The largest absolute Gasteiger partial charge is 0.491 e. The first-order valence-electron chi connectivity index (χ1n) is 6.00. The summed E-state index contributed by atoms with van der Waals surface area (Å²) >= 11 is 0. The summed E-state index contributed by atoms with van der Waals surface area (Å²) in [5.74, 6) is -0.449. The highest BCUT2D eigenvalue weighted by Crippen LogP contribution is 2.19. The van der Waals surface area contributed by atoms with Crippen molar-refractivity contribution in [2.24, 2.45) is 0 Å². The molecule has 1 atom stereocenters. The van der Waals surface area contributed by atoms with Crippen molar-refractivity contribution < 1.29 is 23.8 Å². The van der Waals surface area contributed by atoms with E-state index in [9.17, 15) is 9.59 Å². The molecule has 0 amide bonds. The van der Waals surface area contributed by atoms with Gasteiger partial charge < -0.3 is 19.9 Å². The Morgan fingerprint density at radius 3 is 2.89 bits per heavy atom. The number of cyclic esters (lactones) is 1. The first-order chi connectivity index (χ1) is 9.16. The van der Waals surface area contributed by atoms with Crippen LogP contribution in [-0.2, 0) is 19.1 Å². The molecule has 0 aromatic heterocycles. The summed E-state index contributed by atoms with van der Waals surface area (Å²) in [6, 6.07) is 7.01. The average Bonchev–Trinajstić information content (AvgIpc) is 2.77. The van der Waals surface area contributed by atoms with Gasteiger partial charge in [-0.1, -0.05) is 12.1 Å². The van der Waals surface area contributed by atoms with Crippen LogP contribution >= 0.6 is 0 Å². The number of rotatable bonds is 5. The highest BCUT2D eigenvalue weighted by Gasteiger charge is 2.29. The Hall–Kier alpha value is -2.24. The molecule has 0 aliphatic carbocycles. The SMILES string of the molecule is Nc1ccccc1OCCC(=O)OC1CCOC1=O. The van der Waals surface area contributed by atoms with Gasteiger partial charge in [-0.15, -0.1) is 0 Å². The number of carbonyl (C=O) groups is 2. The second-order valence-corrected chi connectivity index (χ2v) is 4.07. The van der Waals surface area contributed by atoms with E-state index in [1.165, 1.54) is 0 Å². The van der Waals surface area contributed by atoms with Gasteiger partial charge in [-0.3, -0.25) is 4.79 Å². The Balaban J connectivity index is 1.72. The quantitative estimate of drug-likeness (QED) is 0.628. The van der Waals surface area contributed by atoms with Crippen LogP contribution in [0.2, 0.25) is 0 Å². The number of para-hydroxylation sites is 2. The molecule has 1 unspecified atom stereocenters. The van der Waals surface area contributed by atoms with E-state index in [0.717, 1.165) is 0 Å². The summed E-state index contributed by atoms with van der Waals surface area (Å²) in [6.45, 7) is 0.447. The molecular formula is C13H15NO5. The Morgan fingerprint density at radius 2 is 2.21 bits per heavy atom. The molecule has 1 aromatic rings. The minimum Gasteiger partial charge on any atom is -0.491 e. The van der Waals surface area contributed by atoms with Crippen LogP contribution in [0, 0.1) is 0 Å². The number of nitrogens with two attached hydrogens (primary N) is 1. The lowest BCUT2D eigenvalue weighted by Crippen LogP contribution is -2.23. The molecule has 1 heterocycles. The lowest BCUT2D eigenvalue weighted by atomic mass is 10.3. The Bertz CT molecular complexity index is 474. The van der Waals surface area contributed by atoms with Gasteiger partial charge in [0.05, 0.1) is 25.3 Å². The second-order valence-electron chi connectivity index (χ2n) is 4.07. The van der Waals surface area contributed by atoms with Gasteiger partial charge >= 0.3 is 11.9 Å². The molecule has 6 nitrogen and oxygen atoms in total. The average molecular weight is 265 g/mol. The summed E-state index contributed by atoms with van der Waals surface area (Å²) < 4.78 is 15.0. The third-order valence-corrected chi connectivity index (χ3v) is 2.64. The van der Waals surface area contributed by atoms with Crippen molar-refractivity contribution in [1.82, 2.24) is 0 Å². The summed E-state index contributed by atoms with van der Waals surface area (Å²) in [5, 5.41) is 0. The summed E-state index contributed by atoms with van der Waals surface area (Å²) in [7, 11) is 0. The van der Waals surface area contributed by atoms with E-state index in [1.807, 2.05) is 0 Å². The van der Waals surface area contributed by atoms with Crippen LogP contribution in [-0.4, -0.2) is 31.3 Å². The normalized spacial score (nSPS) is 17.9. The first kappa shape index (κ1) is 13.2. The molecule has 0 radical (unpaired) electrons. The topological polar surface area (TPSA) is 87.8 Å². The zero-order valence-corrected chi connectivity index (χ0v) is 10.3. The fourth-order valence-corrected chi connectivity index (χ4v) is 1.66. The van der Waals surface area contributed by atoms with Gasteiger partial charge in [-0.25, -0.2) is 4.79 Å². The van der Waals surface area contributed by atoms with E-state index in [0.29, 0.717) is 24.5 Å². The number of esters is 2. The van der Waals surface area contributed by atoms with E-state index < -0.39 is 18.0 Å². The van der Waals surface area contributed by atoms with Gasteiger partial charge in [-0.05, 0) is 12.1 Å². The van der Waals surface area contributed by atoms with Gasteiger partial charge in [0.25, 0.3) is 0 Å². The number of hydrogen-bond donors (Lipinski definition) is 1. The molecule has 1 aromatic carbocycles. The van der Waals surface area contributed by atoms with Crippen molar-refractivity contribution in [1.29, 1.82) is 0 Å². The first-order valence-corrected chi connectivity index (χ1v) is 6.00. The fourth-order valence-electron chi connectivity index (χ4n) is 1.66. The molecule has 102 valence electrons. The van der Waals surface area contributed by atoms with Gasteiger partial charge in [0.1, 0.15) is 5.75 Å². The van der Waals surface area contributed by atoms with Gasteiger partial charge in [0.2, 0.25) is 6.10 Å². The van der Waals surface area contributed by atoms with Crippen LogP contribution in [0.25, 0.3) is 0 Å². The van der Waals surface area contributed by atoms with Crippen LogP contribution in [0.5, 0.6) is 5.75 Å². The van der Waals surface area contributed by atoms with E-state index >= 15 is 0 Å². The fraction of sp³-hybridized carbons (Fsp3) is 0.385. The monoisotopic (exact) mass is 265 g/mol. The van der Waals surface area contributed by atoms with E-state index in [-0.39, 0.29) is 13.0 Å². The van der Waals surface area contributed by atoms with Gasteiger partial charge in [-0.2, -0.15) is 0 Å². The number of carbonyl (C=O) groups excluding carboxylic acids is 2. The van der Waals surface area contributed by atoms with Crippen molar-refractivity contribution in [2.45, 2.75) is 18.9 Å². The zero-order valence-electron chi connectivity index (χ0n) is 10.3. The highest BCUT2D eigenvalue weighted by molar-refractivity contribution is 5.80. The minimum atomic E-state index is -0.769. The molecule has 0 saturated carbocycles. The number of benzene rings is 1. The van der Waals surface area contributed by atoms with Crippen molar-refractivity contribution in [3.05, 3.63) is 24.3 Å². The summed E-state index contributed by atoms with van der Waals surface area (Å²) in [5.41, 5.74) is 6.19. The molecule has 1 fully saturated rings. The Kier molecular flexibility index (Phi) is 4.22. The van der Waals surface area contributed by atoms with Crippen LogP contribution in [0.4, 0.5) is 5.69 Å². The number of nitrogen functional groups attached to an aromatic ring is 1. The molecule has 6 heteroatoms. The Labute approximate surface area is 110 Å². The lowest BCUT2D eigenvalue weighted by Gasteiger charge is -2.10. The molecule has 1 aliphatic heterocycles. The third kappa shape index (κ3) is 3.61. The van der Waals surface area contributed by atoms with Crippen LogP contribution < -0.4 is 10.5 Å². The molecule has 2 N–H and O–H groups in total. The summed E-state index contributed by atoms with van der Waals surface area (Å²) in [4.78, 5) is 22.6. The van der Waals surface area contributed by atoms with Crippen LogP contribution in [0.3, 0.4) is 0 Å². The standard InChI is InChI=1S/C13H15NO5/c14-9-3-1-2-4-10(9)17-8-6-12(15)19-11-5-7-18-13(11)16/h1-4,11H,5-8,14H2. The maximum atomic E-state index is 11.5. The minimum absolute atomic E-state index is 0.0537. The van der Waals surface area contributed by atoms with E-state index in [2.05, 4.69) is 0 Å².